The van der Waals surface area contributed by atoms with Crippen LogP contribution in [0, 0.1) is 43.4 Å². The standard InChI is InChI=1S/C70H51N4.Ir/c1-48-10-9-11-49(2)70(48)61-38-41-74-69(46-61)60-36-37-65(66(45-60)57-34-32-56(33-35-57)55-26-24-52(47-71)25-27-55)64-13-4-3-12-63(64)62-43-53(18-16-50-20-28-58(29-21-50)67-14-5-7-39-72-67)42-54(44-62)19-17-51-22-30-59(31-23-51)68-15-6-8-40-73-68;/h3-15,20-28,30,32-35,37-46H,16-19H2,1-2H3;/q-3;+3. The SMILES string of the molecule is Cc1cccc(C)c1-c1ccnc(-c2[c-]cc(-c3ccccc3-c3cc(CCc4c[c-]c(-c5ccccn5)cc4)cc(CCc4c[c-]c(-c5ccccn5)cc4)c3)c(-c3ccc(-c4ccc(C#N)cc4)cc3)c2)c1.[Ir+3]. The molecule has 0 bridgehead atoms. The van der Waals surface area contributed by atoms with E-state index in [0.717, 1.165) is 104 Å². The molecule has 11 rings (SSSR count). The quantitative estimate of drug-likeness (QED) is 0.102. The van der Waals surface area contributed by atoms with Gasteiger partial charge in [-0.25, -0.2) is 0 Å². The van der Waals surface area contributed by atoms with Crippen LogP contribution in [0.3, 0.4) is 0 Å². The Morgan fingerprint density at radius 1 is 0.373 bits per heavy atom. The molecule has 75 heavy (non-hydrogen) atoms. The van der Waals surface area contributed by atoms with Gasteiger partial charge in [0.2, 0.25) is 0 Å². The average Bonchev–Trinajstić information content (AvgIpc) is 3.47. The van der Waals surface area contributed by atoms with E-state index in [1.807, 2.05) is 79.3 Å². The van der Waals surface area contributed by atoms with Crippen LogP contribution < -0.4 is 0 Å². The molecule has 11 aromatic rings. The second kappa shape index (κ2) is 23.1. The molecule has 0 unspecified atom stereocenters. The molecule has 3 heterocycles. The Morgan fingerprint density at radius 2 is 0.907 bits per heavy atom. The van der Waals surface area contributed by atoms with Gasteiger partial charge in [-0.1, -0.05) is 157 Å². The molecule has 0 amide bonds. The molecule has 0 spiro atoms. The minimum Gasteiger partial charge on any atom is -0.305 e. The van der Waals surface area contributed by atoms with E-state index >= 15 is 0 Å². The van der Waals surface area contributed by atoms with Gasteiger partial charge < -0.3 is 15.0 Å². The third kappa shape index (κ3) is 11.4. The van der Waals surface area contributed by atoms with Crippen LogP contribution in [0.2, 0.25) is 0 Å². The summed E-state index contributed by atoms with van der Waals surface area (Å²) in [6.07, 6.45) is 9.07. The summed E-state index contributed by atoms with van der Waals surface area (Å²) in [7, 11) is 0. The van der Waals surface area contributed by atoms with Gasteiger partial charge in [-0.15, -0.1) is 94.5 Å². The topological polar surface area (TPSA) is 62.5 Å². The number of pyridine rings is 3. The normalized spacial score (nSPS) is 10.9. The minimum atomic E-state index is 0. The largest absolute Gasteiger partial charge is 3.00 e. The van der Waals surface area contributed by atoms with Crippen molar-refractivity contribution in [1.29, 1.82) is 5.26 Å². The molecule has 4 nitrogen and oxygen atoms in total. The summed E-state index contributed by atoms with van der Waals surface area (Å²) in [6, 6.07) is 85.5. The smallest absolute Gasteiger partial charge is 0.305 e. The van der Waals surface area contributed by atoms with Gasteiger partial charge in [-0.05, 0) is 135 Å². The van der Waals surface area contributed by atoms with Crippen molar-refractivity contribution >= 4 is 0 Å². The summed E-state index contributed by atoms with van der Waals surface area (Å²) in [6.45, 7) is 4.34. The van der Waals surface area contributed by atoms with Gasteiger partial charge in [0.05, 0.1) is 11.6 Å². The molecule has 0 atom stereocenters. The summed E-state index contributed by atoms with van der Waals surface area (Å²) >= 11 is 0. The number of hydrogen-bond acceptors (Lipinski definition) is 4. The Morgan fingerprint density at radius 3 is 1.47 bits per heavy atom. The monoisotopic (exact) mass is 1140 g/mol. The molecule has 0 aliphatic rings. The zero-order chi connectivity index (χ0) is 50.2. The van der Waals surface area contributed by atoms with Crippen molar-refractivity contribution in [3.05, 3.63) is 282 Å². The summed E-state index contributed by atoms with van der Waals surface area (Å²) in [5, 5.41) is 9.45. The second-order valence-corrected chi connectivity index (χ2v) is 18.9. The Labute approximate surface area is 454 Å². The van der Waals surface area contributed by atoms with Gasteiger partial charge in [0.15, 0.2) is 0 Å². The number of aryl methyl sites for hydroxylation is 6. The van der Waals surface area contributed by atoms with Crippen LogP contribution in [0.5, 0.6) is 0 Å². The first-order chi connectivity index (χ1) is 36.4. The van der Waals surface area contributed by atoms with E-state index < -0.39 is 0 Å². The van der Waals surface area contributed by atoms with Crippen molar-refractivity contribution in [2.45, 2.75) is 39.5 Å². The van der Waals surface area contributed by atoms with E-state index in [4.69, 9.17) is 4.98 Å². The Kier molecular flexibility index (Phi) is 15.3. The van der Waals surface area contributed by atoms with Crippen LogP contribution in [0.25, 0.3) is 89.4 Å². The number of nitrogens with zero attached hydrogens (tertiary/aromatic N) is 4. The molecule has 0 aliphatic carbocycles. The van der Waals surface area contributed by atoms with E-state index in [0.29, 0.717) is 5.56 Å². The molecule has 360 valence electrons. The first-order valence-corrected chi connectivity index (χ1v) is 25.2. The molecule has 0 fully saturated rings. The van der Waals surface area contributed by atoms with Crippen LogP contribution in [-0.4, -0.2) is 15.0 Å². The summed E-state index contributed by atoms with van der Waals surface area (Å²) in [5.41, 5.74) is 25.0. The number of hydrogen-bond donors (Lipinski definition) is 0. The van der Waals surface area contributed by atoms with Crippen molar-refractivity contribution in [2.75, 3.05) is 0 Å². The van der Waals surface area contributed by atoms with Gasteiger partial charge in [-0.3, -0.25) is 0 Å². The van der Waals surface area contributed by atoms with Crippen LogP contribution in [0.4, 0.5) is 0 Å². The predicted octanol–water partition coefficient (Wildman–Crippen LogP) is 16.7. The number of nitriles is 1. The van der Waals surface area contributed by atoms with E-state index in [9.17, 15) is 5.26 Å². The number of aromatic nitrogens is 3. The minimum absolute atomic E-state index is 0. The number of benzene rings is 8. The van der Waals surface area contributed by atoms with Gasteiger partial charge in [0.25, 0.3) is 0 Å². The maximum atomic E-state index is 9.45. The van der Waals surface area contributed by atoms with Crippen LogP contribution in [0.15, 0.2) is 225 Å². The Balaban J connectivity index is 0.00000641. The third-order valence-corrected chi connectivity index (χ3v) is 13.9. The van der Waals surface area contributed by atoms with Crippen LogP contribution >= 0.6 is 0 Å². The molecular formula is C70H51IrN4. The van der Waals surface area contributed by atoms with Gasteiger partial charge in [0, 0.05) is 18.6 Å². The maximum Gasteiger partial charge on any atom is 3.00 e. The first-order valence-electron chi connectivity index (χ1n) is 25.2. The predicted molar refractivity (Wildman–Crippen MR) is 302 cm³/mol. The summed E-state index contributed by atoms with van der Waals surface area (Å²) in [5.74, 6) is 0. The van der Waals surface area contributed by atoms with Crippen LogP contribution in [0.1, 0.15) is 38.9 Å². The Bertz CT molecular complexity index is 3640. The molecular weight excluding hydrogens is 1090 g/mol. The molecule has 3 aromatic heterocycles. The average molecular weight is 1140 g/mol. The second-order valence-electron chi connectivity index (χ2n) is 18.9. The zero-order valence-corrected chi connectivity index (χ0v) is 44.2. The van der Waals surface area contributed by atoms with Crippen molar-refractivity contribution < 1.29 is 20.1 Å². The maximum absolute atomic E-state index is 9.45. The third-order valence-electron chi connectivity index (χ3n) is 13.9. The molecule has 5 heteroatoms. The van der Waals surface area contributed by atoms with Gasteiger partial charge >= 0.3 is 20.1 Å². The molecule has 0 aliphatic heterocycles. The van der Waals surface area contributed by atoms with Crippen molar-refractivity contribution in [1.82, 2.24) is 15.0 Å². The number of rotatable bonds is 14. The Hall–Kier alpha value is -8.65. The van der Waals surface area contributed by atoms with Crippen molar-refractivity contribution in [3.8, 4) is 95.5 Å². The fourth-order valence-electron chi connectivity index (χ4n) is 10.0. The van der Waals surface area contributed by atoms with E-state index in [1.165, 1.54) is 44.5 Å². The van der Waals surface area contributed by atoms with E-state index in [-0.39, 0.29) is 20.1 Å². The molecule has 0 radical (unpaired) electrons. The van der Waals surface area contributed by atoms with Crippen molar-refractivity contribution in [2.24, 2.45) is 0 Å². The van der Waals surface area contributed by atoms with E-state index in [2.05, 4.69) is 194 Å². The molecule has 0 saturated heterocycles. The zero-order valence-electron chi connectivity index (χ0n) is 41.8. The molecule has 0 N–H and O–H groups in total. The molecule has 0 saturated carbocycles. The summed E-state index contributed by atoms with van der Waals surface area (Å²) in [4.78, 5) is 14.0. The fourth-order valence-corrected chi connectivity index (χ4v) is 10.0. The van der Waals surface area contributed by atoms with Gasteiger partial charge in [0.1, 0.15) is 0 Å². The van der Waals surface area contributed by atoms with Crippen LogP contribution in [-0.2, 0) is 45.8 Å². The first kappa shape index (κ1) is 49.9. The summed E-state index contributed by atoms with van der Waals surface area (Å²) < 4.78 is 0. The fraction of sp³-hybridized carbons (Fsp3) is 0.0857. The van der Waals surface area contributed by atoms with Gasteiger partial charge in [-0.2, -0.15) is 5.26 Å². The van der Waals surface area contributed by atoms with Crippen molar-refractivity contribution in [3.63, 3.8) is 0 Å². The van der Waals surface area contributed by atoms with E-state index in [1.54, 1.807) is 0 Å². The molecule has 8 aromatic carbocycles.